The van der Waals surface area contributed by atoms with Crippen LogP contribution in [0.15, 0.2) is 53.6 Å². The number of aromatic nitrogens is 1. The van der Waals surface area contributed by atoms with E-state index in [2.05, 4.69) is 20.8 Å². The number of carbonyl (C=O) groups excluding carboxylic acids is 1. The number of thiazole rings is 1. The third-order valence-electron chi connectivity index (χ3n) is 3.69. The Kier molecular flexibility index (Phi) is 5.43. The summed E-state index contributed by atoms with van der Waals surface area (Å²) in [7, 11) is 0. The van der Waals surface area contributed by atoms with Crippen LogP contribution >= 0.6 is 11.3 Å². The van der Waals surface area contributed by atoms with Gasteiger partial charge in [0.05, 0.1) is 6.21 Å². The highest BCUT2D eigenvalue weighted by atomic mass is 32.1. The van der Waals surface area contributed by atoms with Crippen LogP contribution in [0.3, 0.4) is 0 Å². The lowest BCUT2D eigenvalue weighted by Gasteiger charge is -2.02. The van der Waals surface area contributed by atoms with E-state index < -0.39 is 0 Å². The van der Waals surface area contributed by atoms with Crippen LogP contribution in [0.4, 0.5) is 10.1 Å². The first-order valence-corrected chi connectivity index (χ1v) is 9.04. The Morgan fingerprint density at radius 2 is 1.65 bits per heavy atom. The molecule has 1 heterocycles. The van der Waals surface area contributed by atoms with Gasteiger partial charge in [-0.05, 0) is 19.4 Å². The highest BCUT2D eigenvalue weighted by molar-refractivity contribution is 7.20. The summed E-state index contributed by atoms with van der Waals surface area (Å²) in [6.45, 7) is 5.57. The van der Waals surface area contributed by atoms with Crippen molar-refractivity contribution in [2.24, 2.45) is 5.10 Å². The van der Waals surface area contributed by atoms with E-state index in [4.69, 9.17) is 0 Å². The molecule has 3 aromatic rings. The maximum Gasteiger partial charge on any atom is 0.221 e. The van der Waals surface area contributed by atoms with Gasteiger partial charge in [-0.2, -0.15) is 5.10 Å². The zero-order chi connectivity index (χ0) is 18.5. The molecule has 5 nitrogen and oxygen atoms in total. The van der Waals surface area contributed by atoms with E-state index in [9.17, 15) is 4.79 Å². The maximum absolute atomic E-state index is 11.5. The highest BCUT2D eigenvalue weighted by Gasteiger charge is 2.14. The van der Waals surface area contributed by atoms with Crippen molar-refractivity contribution in [2.75, 3.05) is 10.7 Å². The summed E-state index contributed by atoms with van der Waals surface area (Å²) in [6.07, 6.45) is 1.74. The van der Waals surface area contributed by atoms with Crippen molar-refractivity contribution < 1.29 is 4.79 Å². The van der Waals surface area contributed by atoms with Gasteiger partial charge in [-0.15, -0.1) is 0 Å². The molecule has 6 heteroatoms. The van der Waals surface area contributed by atoms with E-state index >= 15 is 0 Å². The number of hydrazone groups is 1. The average molecular weight is 364 g/mol. The van der Waals surface area contributed by atoms with Gasteiger partial charge in [0.2, 0.25) is 11.0 Å². The number of aryl methyl sites for hydroxylation is 2. The summed E-state index contributed by atoms with van der Waals surface area (Å²) >= 11 is 1.36. The number of rotatable bonds is 5. The van der Waals surface area contributed by atoms with Crippen LogP contribution < -0.4 is 10.7 Å². The third-order valence-corrected chi connectivity index (χ3v) is 4.57. The number of hydrogen-bond acceptors (Lipinski definition) is 5. The van der Waals surface area contributed by atoms with E-state index in [1.54, 1.807) is 6.21 Å². The van der Waals surface area contributed by atoms with Gasteiger partial charge >= 0.3 is 0 Å². The molecule has 1 aromatic heterocycles. The van der Waals surface area contributed by atoms with Gasteiger partial charge in [-0.1, -0.05) is 71.0 Å². The van der Waals surface area contributed by atoms with Crippen molar-refractivity contribution in [3.63, 3.8) is 0 Å². The molecule has 0 unspecified atom stereocenters. The Balaban J connectivity index is 1.82. The molecule has 0 fully saturated rings. The topological polar surface area (TPSA) is 66.4 Å². The van der Waals surface area contributed by atoms with Crippen molar-refractivity contribution in [3.05, 3.63) is 65.2 Å². The Labute approximate surface area is 156 Å². The molecule has 26 heavy (non-hydrogen) atoms. The van der Waals surface area contributed by atoms with E-state index in [0.717, 1.165) is 16.8 Å². The van der Waals surface area contributed by atoms with Gasteiger partial charge in [-0.3, -0.25) is 10.2 Å². The molecule has 2 N–H and O–H groups in total. The first-order chi connectivity index (χ1) is 12.5. The van der Waals surface area contributed by atoms with Crippen LogP contribution in [-0.4, -0.2) is 17.1 Å². The minimum absolute atomic E-state index is 0.128. The number of benzene rings is 2. The lowest BCUT2D eigenvalue weighted by atomic mass is 10.1. The van der Waals surface area contributed by atoms with Crippen LogP contribution in [0, 0.1) is 13.8 Å². The Hall–Kier alpha value is -2.99. The first kappa shape index (κ1) is 17.8. The normalized spacial score (nSPS) is 10.9. The predicted molar refractivity (Wildman–Crippen MR) is 109 cm³/mol. The molecule has 0 aliphatic heterocycles. The van der Waals surface area contributed by atoms with Crippen LogP contribution in [0.5, 0.6) is 0 Å². The number of anilines is 2. The highest BCUT2D eigenvalue weighted by Crippen LogP contribution is 2.36. The second-order valence-electron chi connectivity index (χ2n) is 6.02. The number of carbonyl (C=O) groups is 1. The summed E-state index contributed by atoms with van der Waals surface area (Å²) in [5, 5.41) is 8.41. The van der Waals surface area contributed by atoms with Gasteiger partial charge in [0.15, 0.2) is 0 Å². The summed E-state index contributed by atoms with van der Waals surface area (Å²) in [5.41, 5.74) is 8.01. The summed E-state index contributed by atoms with van der Waals surface area (Å²) < 4.78 is 0. The molecule has 0 aliphatic carbocycles. The molecule has 0 bridgehead atoms. The monoisotopic (exact) mass is 364 g/mol. The summed E-state index contributed by atoms with van der Waals surface area (Å²) in [4.78, 5) is 16.1. The second kappa shape index (κ2) is 7.93. The zero-order valence-corrected chi connectivity index (χ0v) is 15.7. The van der Waals surface area contributed by atoms with E-state index in [1.165, 1.54) is 29.4 Å². The van der Waals surface area contributed by atoms with E-state index in [-0.39, 0.29) is 5.91 Å². The molecule has 3 rings (SSSR count). The zero-order valence-electron chi connectivity index (χ0n) is 14.9. The van der Waals surface area contributed by atoms with Gasteiger partial charge in [0.25, 0.3) is 0 Å². The van der Waals surface area contributed by atoms with Crippen LogP contribution in [0.2, 0.25) is 0 Å². The number of nitrogens with zero attached hydrogens (tertiary/aromatic N) is 2. The Bertz CT molecular complexity index is 927. The van der Waals surface area contributed by atoms with E-state index in [0.29, 0.717) is 10.1 Å². The fourth-order valence-corrected chi connectivity index (χ4v) is 3.22. The standard InChI is InChI=1S/C20H20N4OS/c1-13-4-8-16(9-5-13)12-21-24-20-23-18(19(26-20)22-15(3)25)17-10-6-14(2)7-11-17/h4-12H,1-3H3,(H,22,25)(H,23,24)/b21-12-. The van der Waals surface area contributed by atoms with Crippen molar-refractivity contribution in [2.45, 2.75) is 20.8 Å². The molecule has 0 saturated heterocycles. The molecule has 1 amide bonds. The quantitative estimate of drug-likeness (QED) is 0.503. The van der Waals surface area contributed by atoms with Gasteiger partial charge in [0, 0.05) is 12.5 Å². The Morgan fingerprint density at radius 3 is 2.27 bits per heavy atom. The lowest BCUT2D eigenvalue weighted by Crippen LogP contribution is -2.05. The molecule has 132 valence electrons. The lowest BCUT2D eigenvalue weighted by molar-refractivity contribution is -0.114. The number of amides is 1. The van der Waals surface area contributed by atoms with Crippen LogP contribution in [-0.2, 0) is 4.79 Å². The Morgan fingerprint density at radius 1 is 1.04 bits per heavy atom. The molecule has 0 saturated carbocycles. The largest absolute Gasteiger partial charge is 0.316 e. The number of nitrogens with one attached hydrogen (secondary N) is 2. The van der Waals surface area contributed by atoms with E-state index in [1.807, 2.05) is 62.4 Å². The minimum atomic E-state index is -0.128. The molecule has 0 spiro atoms. The van der Waals surface area contributed by atoms with Gasteiger partial charge < -0.3 is 5.32 Å². The molecule has 0 aliphatic rings. The third kappa shape index (κ3) is 4.55. The van der Waals surface area contributed by atoms with Crippen molar-refractivity contribution in [1.82, 2.24) is 4.98 Å². The smallest absolute Gasteiger partial charge is 0.221 e. The predicted octanol–water partition coefficient (Wildman–Crippen LogP) is 4.83. The number of hydrogen-bond donors (Lipinski definition) is 2. The van der Waals surface area contributed by atoms with Crippen molar-refractivity contribution >= 4 is 33.6 Å². The van der Waals surface area contributed by atoms with Crippen LogP contribution in [0.1, 0.15) is 23.6 Å². The minimum Gasteiger partial charge on any atom is -0.316 e. The molecule has 0 radical (unpaired) electrons. The van der Waals surface area contributed by atoms with Crippen LogP contribution in [0.25, 0.3) is 11.3 Å². The average Bonchev–Trinajstić information content (AvgIpc) is 2.99. The second-order valence-corrected chi connectivity index (χ2v) is 7.02. The van der Waals surface area contributed by atoms with Gasteiger partial charge in [0.1, 0.15) is 10.7 Å². The summed E-state index contributed by atoms with van der Waals surface area (Å²) in [5.74, 6) is -0.128. The van der Waals surface area contributed by atoms with Crippen molar-refractivity contribution in [1.29, 1.82) is 0 Å². The molecule has 0 atom stereocenters. The van der Waals surface area contributed by atoms with Crippen molar-refractivity contribution in [3.8, 4) is 11.3 Å². The SMILES string of the molecule is CC(=O)Nc1sc(N/N=C\c2ccc(C)cc2)nc1-c1ccc(C)cc1. The maximum atomic E-state index is 11.5. The summed E-state index contributed by atoms with van der Waals surface area (Å²) in [6, 6.07) is 16.1. The first-order valence-electron chi connectivity index (χ1n) is 8.22. The van der Waals surface area contributed by atoms with Gasteiger partial charge in [-0.25, -0.2) is 4.98 Å². The molecular weight excluding hydrogens is 344 g/mol. The fraction of sp³-hybridized carbons (Fsp3) is 0.150. The molecular formula is C20H20N4OS. The molecule has 2 aromatic carbocycles. The fourth-order valence-electron chi connectivity index (χ4n) is 2.33.